The fourth-order valence-corrected chi connectivity index (χ4v) is 0.840. The first-order valence-corrected chi connectivity index (χ1v) is 3.28. The van der Waals surface area contributed by atoms with Gasteiger partial charge in [-0.05, 0) is 6.07 Å². The minimum absolute atomic E-state index is 0.312. The number of pyridine rings is 1. The van der Waals surface area contributed by atoms with Crippen LogP contribution in [0.2, 0.25) is 0 Å². The van der Waals surface area contributed by atoms with E-state index in [0.29, 0.717) is 5.69 Å². The van der Waals surface area contributed by atoms with Crippen LogP contribution in [0.25, 0.3) is 0 Å². The van der Waals surface area contributed by atoms with E-state index in [-0.39, 0.29) is 5.97 Å². The van der Waals surface area contributed by atoms with Crippen molar-refractivity contribution in [1.82, 2.24) is 0 Å². The van der Waals surface area contributed by atoms with Crippen LogP contribution in [0.5, 0.6) is 0 Å². The minimum Gasteiger partial charge on any atom is -0.461 e. The largest absolute Gasteiger partial charge is 0.461 e. The summed E-state index contributed by atoms with van der Waals surface area (Å²) in [6.45, 7) is 0. The Labute approximate surface area is 65.2 Å². The van der Waals surface area contributed by atoms with Crippen molar-refractivity contribution in [3.05, 3.63) is 30.1 Å². The van der Waals surface area contributed by atoms with Gasteiger partial charge in [-0.3, -0.25) is 0 Å². The standard InChI is InChI=1S/C8H10NO2/c1-9-6-4-3-5-7(9)8(10)11-2/h3-6H,1-2H3/q+1. The van der Waals surface area contributed by atoms with E-state index in [1.807, 2.05) is 6.07 Å². The van der Waals surface area contributed by atoms with E-state index in [1.54, 1.807) is 29.9 Å². The van der Waals surface area contributed by atoms with Gasteiger partial charge in [-0.15, -0.1) is 0 Å². The number of aryl methyl sites for hydroxylation is 1. The lowest BCUT2D eigenvalue weighted by atomic mass is 10.3. The van der Waals surface area contributed by atoms with Crippen molar-refractivity contribution in [3.63, 3.8) is 0 Å². The van der Waals surface area contributed by atoms with Gasteiger partial charge in [0.15, 0.2) is 6.20 Å². The van der Waals surface area contributed by atoms with Crippen molar-refractivity contribution < 1.29 is 14.1 Å². The predicted octanol–water partition coefficient (Wildman–Crippen LogP) is 0.298. The SMILES string of the molecule is COC(=O)c1cccc[n+]1C. The van der Waals surface area contributed by atoms with E-state index in [4.69, 9.17) is 0 Å². The average molecular weight is 152 g/mol. The third-order valence-electron chi connectivity index (χ3n) is 1.45. The normalized spacial score (nSPS) is 9.27. The third-order valence-corrected chi connectivity index (χ3v) is 1.45. The molecule has 1 heterocycles. The maximum absolute atomic E-state index is 11.0. The van der Waals surface area contributed by atoms with Gasteiger partial charge in [0.25, 0.3) is 5.69 Å². The monoisotopic (exact) mass is 152 g/mol. The summed E-state index contributed by atoms with van der Waals surface area (Å²) in [4.78, 5) is 11.0. The molecule has 0 fully saturated rings. The molecule has 0 aliphatic rings. The first-order chi connectivity index (χ1) is 5.25. The number of nitrogens with zero attached hydrogens (tertiary/aromatic N) is 1. The Morgan fingerprint density at radius 3 is 2.82 bits per heavy atom. The molecule has 0 radical (unpaired) electrons. The molecule has 0 atom stereocenters. The van der Waals surface area contributed by atoms with Gasteiger partial charge in [0.05, 0.1) is 7.11 Å². The fraction of sp³-hybridized carbons (Fsp3) is 0.250. The summed E-state index contributed by atoms with van der Waals surface area (Å²) >= 11 is 0. The Kier molecular flexibility index (Phi) is 2.21. The molecule has 58 valence electrons. The van der Waals surface area contributed by atoms with Gasteiger partial charge in [0.2, 0.25) is 0 Å². The number of carbonyl (C=O) groups excluding carboxylic acids is 1. The highest BCUT2D eigenvalue weighted by Gasteiger charge is 2.14. The van der Waals surface area contributed by atoms with Crippen molar-refractivity contribution in [2.45, 2.75) is 0 Å². The molecule has 0 saturated carbocycles. The number of methoxy groups -OCH3 is 1. The van der Waals surface area contributed by atoms with E-state index >= 15 is 0 Å². The molecule has 1 aromatic heterocycles. The first-order valence-electron chi connectivity index (χ1n) is 3.28. The maximum atomic E-state index is 11.0. The second-order valence-corrected chi connectivity index (χ2v) is 2.19. The van der Waals surface area contributed by atoms with Crippen LogP contribution in [0.4, 0.5) is 0 Å². The molecular formula is C8H10NO2+. The Balaban J connectivity index is 3.03. The van der Waals surface area contributed by atoms with E-state index in [1.165, 1.54) is 7.11 Å². The Morgan fingerprint density at radius 1 is 1.55 bits per heavy atom. The van der Waals surface area contributed by atoms with Crippen molar-refractivity contribution >= 4 is 5.97 Å². The van der Waals surface area contributed by atoms with Crippen LogP contribution in [0.15, 0.2) is 24.4 Å². The molecule has 0 amide bonds. The first kappa shape index (κ1) is 7.72. The molecule has 0 bridgehead atoms. The summed E-state index contributed by atoms with van der Waals surface area (Å²) in [6, 6.07) is 5.37. The van der Waals surface area contributed by atoms with Crippen LogP contribution >= 0.6 is 0 Å². The van der Waals surface area contributed by atoms with Gasteiger partial charge in [-0.2, -0.15) is 4.57 Å². The van der Waals surface area contributed by atoms with Crippen molar-refractivity contribution in [1.29, 1.82) is 0 Å². The van der Waals surface area contributed by atoms with Crippen LogP contribution in [-0.4, -0.2) is 13.1 Å². The number of hydrogen-bond acceptors (Lipinski definition) is 2. The summed E-state index contributed by atoms with van der Waals surface area (Å²) in [5.41, 5.74) is 0.551. The average Bonchev–Trinajstić information content (AvgIpc) is 2.04. The summed E-state index contributed by atoms with van der Waals surface area (Å²) in [6.07, 6.45) is 1.80. The molecule has 0 aromatic carbocycles. The van der Waals surface area contributed by atoms with E-state index in [2.05, 4.69) is 4.74 Å². The van der Waals surface area contributed by atoms with E-state index < -0.39 is 0 Å². The number of aromatic nitrogens is 1. The molecule has 3 nitrogen and oxygen atoms in total. The van der Waals surface area contributed by atoms with Gasteiger partial charge >= 0.3 is 5.97 Å². The van der Waals surface area contributed by atoms with Gasteiger partial charge in [0.1, 0.15) is 7.05 Å². The van der Waals surface area contributed by atoms with Crippen LogP contribution in [0.1, 0.15) is 10.5 Å². The number of hydrogen-bond donors (Lipinski definition) is 0. The summed E-state index contributed by atoms with van der Waals surface area (Å²) < 4.78 is 6.27. The second kappa shape index (κ2) is 3.14. The molecule has 0 aliphatic carbocycles. The highest BCUT2D eigenvalue weighted by molar-refractivity contribution is 5.85. The van der Waals surface area contributed by atoms with Crippen LogP contribution in [-0.2, 0) is 11.8 Å². The highest BCUT2D eigenvalue weighted by Crippen LogP contribution is 1.91. The van der Waals surface area contributed by atoms with Crippen molar-refractivity contribution in [2.75, 3.05) is 7.11 Å². The lowest BCUT2D eigenvalue weighted by Crippen LogP contribution is -2.35. The molecule has 1 aromatic rings. The quantitative estimate of drug-likeness (QED) is 0.428. The third kappa shape index (κ3) is 1.55. The fourth-order valence-electron chi connectivity index (χ4n) is 0.840. The smallest absolute Gasteiger partial charge is 0.403 e. The number of esters is 1. The summed E-state index contributed by atoms with van der Waals surface area (Å²) in [7, 11) is 3.17. The minimum atomic E-state index is -0.312. The van der Waals surface area contributed by atoms with Gasteiger partial charge in [0, 0.05) is 12.1 Å². The van der Waals surface area contributed by atoms with Gasteiger partial charge in [-0.25, -0.2) is 4.79 Å². The Bertz CT molecular complexity index is 271. The van der Waals surface area contributed by atoms with E-state index in [0.717, 1.165) is 0 Å². The van der Waals surface area contributed by atoms with Crippen molar-refractivity contribution in [2.24, 2.45) is 7.05 Å². The summed E-state index contributed by atoms with van der Waals surface area (Å²) in [5, 5.41) is 0. The number of rotatable bonds is 1. The zero-order valence-electron chi connectivity index (χ0n) is 6.57. The van der Waals surface area contributed by atoms with Crippen LogP contribution < -0.4 is 4.57 Å². The lowest BCUT2D eigenvalue weighted by Gasteiger charge is -1.95. The molecule has 1 rings (SSSR count). The van der Waals surface area contributed by atoms with E-state index in [9.17, 15) is 4.79 Å². The second-order valence-electron chi connectivity index (χ2n) is 2.19. The molecule has 0 N–H and O–H groups in total. The molecule has 11 heavy (non-hydrogen) atoms. The van der Waals surface area contributed by atoms with Gasteiger partial charge in [-0.1, -0.05) is 0 Å². The number of ether oxygens (including phenoxy) is 1. The summed E-state index contributed by atoms with van der Waals surface area (Å²) in [5.74, 6) is -0.312. The topological polar surface area (TPSA) is 30.2 Å². The molecule has 0 spiro atoms. The number of carbonyl (C=O) groups is 1. The maximum Gasteiger partial charge on any atom is 0.403 e. The lowest BCUT2D eigenvalue weighted by molar-refractivity contribution is -0.674. The molecule has 3 heteroatoms. The molecule has 0 aliphatic heterocycles. The molecule has 0 saturated heterocycles. The molecule has 0 unspecified atom stereocenters. The Morgan fingerprint density at radius 2 is 2.27 bits per heavy atom. The molecular weight excluding hydrogens is 142 g/mol. The van der Waals surface area contributed by atoms with Crippen LogP contribution in [0, 0.1) is 0 Å². The zero-order chi connectivity index (χ0) is 8.27. The van der Waals surface area contributed by atoms with Crippen LogP contribution in [0.3, 0.4) is 0 Å². The predicted molar refractivity (Wildman–Crippen MR) is 39.0 cm³/mol. The van der Waals surface area contributed by atoms with Gasteiger partial charge < -0.3 is 4.74 Å². The highest BCUT2D eigenvalue weighted by atomic mass is 16.5. The van der Waals surface area contributed by atoms with Crippen molar-refractivity contribution in [3.8, 4) is 0 Å². The Hall–Kier alpha value is -1.38. The zero-order valence-corrected chi connectivity index (χ0v) is 6.57.